The Morgan fingerprint density at radius 3 is 2.62 bits per heavy atom. The van der Waals surface area contributed by atoms with Gasteiger partial charge in [0.05, 0.1) is 6.61 Å². The van der Waals surface area contributed by atoms with Gasteiger partial charge in [0.1, 0.15) is 17.9 Å². The zero-order valence-corrected chi connectivity index (χ0v) is 12.3. The first-order chi connectivity index (χ1) is 10.1. The van der Waals surface area contributed by atoms with Crippen LogP contribution in [0.1, 0.15) is 30.6 Å². The summed E-state index contributed by atoms with van der Waals surface area (Å²) in [6.07, 6.45) is 0.990. The Balaban J connectivity index is 1.89. The van der Waals surface area contributed by atoms with Gasteiger partial charge in [0.2, 0.25) is 6.79 Å². The van der Waals surface area contributed by atoms with Crippen LogP contribution in [0.25, 0.3) is 0 Å². The molecular weight excluding hydrogens is 276 g/mol. The zero-order chi connectivity index (χ0) is 15.2. The average molecular weight is 296 g/mol. The van der Waals surface area contributed by atoms with Gasteiger partial charge in [0, 0.05) is 18.7 Å². The molecular formula is C15H20O6. The molecule has 6 nitrogen and oxygen atoms in total. The number of rotatable bonds is 8. The van der Waals surface area contributed by atoms with Gasteiger partial charge in [0.25, 0.3) is 0 Å². The highest BCUT2D eigenvalue weighted by Crippen LogP contribution is 2.38. The Morgan fingerprint density at radius 2 is 1.95 bits per heavy atom. The Kier molecular flexibility index (Phi) is 5.27. The second kappa shape index (κ2) is 7.17. The maximum absolute atomic E-state index is 11.2. The molecule has 0 spiro atoms. The number of fused-ring (bicyclic) bond motifs is 1. The number of aromatic carboxylic acids is 1. The molecule has 0 fully saturated rings. The third kappa shape index (κ3) is 4.26. The van der Waals surface area contributed by atoms with E-state index in [1.807, 2.05) is 0 Å². The highest BCUT2D eigenvalue weighted by Gasteiger charge is 2.21. The molecule has 1 aromatic rings. The third-order valence-corrected chi connectivity index (χ3v) is 3.03. The van der Waals surface area contributed by atoms with Crippen LogP contribution in [-0.2, 0) is 4.74 Å². The molecule has 1 heterocycles. The molecule has 0 unspecified atom stereocenters. The fourth-order valence-corrected chi connectivity index (χ4v) is 1.84. The van der Waals surface area contributed by atoms with Crippen LogP contribution >= 0.6 is 0 Å². The third-order valence-electron chi connectivity index (χ3n) is 3.03. The van der Waals surface area contributed by atoms with Gasteiger partial charge in [-0.25, -0.2) is 4.79 Å². The molecule has 116 valence electrons. The highest BCUT2D eigenvalue weighted by molar-refractivity contribution is 5.92. The Morgan fingerprint density at radius 1 is 1.24 bits per heavy atom. The summed E-state index contributed by atoms with van der Waals surface area (Å²) in [7, 11) is 0. The second-order valence-corrected chi connectivity index (χ2v) is 5.15. The molecule has 1 aromatic carbocycles. The first-order valence-electron chi connectivity index (χ1n) is 6.95. The molecule has 1 N–H and O–H groups in total. The van der Waals surface area contributed by atoms with E-state index in [2.05, 4.69) is 13.8 Å². The molecule has 0 saturated heterocycles. The topological polar surface area (TPSA) is 74.2 Å². The summed E-state index contributed by atoms with van der Waals surface area (Å²) in [5.41, 5.74) is 0.0569. The monoisotopic (exact) mass is 296 g/mol. The van der Waals surface area contributed by atoms with Crippen LogP contribution in [0.4, 0.5) is 0 Å². The quantitative estimate of drug-likeness (QED) is 0.743. The number of hydrogen-bond donors (Lipinski definition) is 1. The molecule has 0 bridgehead atoms. The van der Waals surface area contributed by atoms with E-state index >= 15 is 0 Å². The van der Waals surface area contributed by atoms with Gasteiger partial charge >= 0.3 is 5.97 Å². The number of carboxylic acid groups (broad SMARTS) is 1. The van der Waals surface area contributed by atoms with Crippen LogP contribution in [0.3, 0.4) is 0 Å². The van der Waals surface area contributed by atoms with Gasteiger partial charge < -0.3 is 24.1 Å². The van der Waals surface area contributed by atoms with Crippen molar-refractivity contribution in [2.24, 2.45) is 5.92 Å². The highest BCUT2D eigenvalue weighted by atomic mass is 16.7. The average Bonchev–Trinajstić information content (AvgIpc) is 2.88. The van der Waals surface area contributed by atoms with Crippen molar-refractivity contribution < 1.29 is 28.8 Å². The van der Waals surface area contributed by atoms with Crippen molar-refractivity contribution in [2.45, 2.75) is 20.3 Å². The van der Waals surface area contributed by atoms with Gasteiger partial charge in [-0.1, -0.05) is 13.8 Å². The lowest BCUT2D eigenvalue weighted by Gasteiger charge is -2.11. The maximum Gasteiger partial charge on any atom is 0.339 e. The molecule has 6 heteroatoms. The van der Waals surface area contributed by atoms with Crippen molar-refractivity contribution in [1.29, 1.82) is 0 Å². The van der Waals surface area contributed by atoms with E-state index in [1.165, 1.54) is 6.07 Å². The van der Waals surface area contributed by atoms with E-state index in [-0.39, 0.29) is 24.7 Å². The zero-order valence-electron chi connectivity index (χ0n) is 12.3. The van der Waals surface area contributed by atoms with Crippen LogP contribution in [-0.4, -0.2) is 37.7 Å². The molecule has 1 aliphatic rings. The predicted molar refractivity (Wildman–Crippen MR) is 75.3 cm³/mol. The van der Waals surface area contributed by atoms with E-state index in [0.29, 0.717) is 30.6 Å². The van der Waals surface area contributed by atoms with Crippen molar-refractivity contribution in [3.05, 3.63) is 17.7 Å². The molecule has 0 aliphatic carbocycles. The van der Waals surface area contributed by atoms with Gasteiger partial charge in [-0.05, 0) is 12.3 Å². The number of benzene rings is 1. The lowest BCUT2D eigenvalue weighted by molar-refractivity contribution is 0.0682. The van der Waals surface area contributed by atoms with Gasteiger partial charge in [-0.3, -0.25) is 0 Å². The SMILES string of the molecule is CC(C)CCOCCOc1cc2c(cc1C(=O)O)OCO2. The standard InChI is InChI=1S/C15H20O6/c1-10(2)3-4-18-5-6-19-12-8-14-13(20-9-21-14)7-11(12)15(16)17/h7-8,10H,3-6,9H2,1-2H3,(H,16,17). The van der Waals surface area contributed by atoms with Crippen molar-refractivity contribution in [1.82, 2.24) is 0 Å². The summed E-state index contributed by atoms with van der Waals surface area (Å²) in [6, 6.07) is 2.96. The summed E-state index contributed by atoms with van der Waals surface area (Å²) in [5, 5.41) is 9.19. The Hall–Kier alpha value is -1.95. The van der Waals surface area contributed by atoms with Gasteiger partial charge in [0.15, 0.2) is 11.5 Å². The lowest BCUT2D eigenvalue weighted by Crippen LogP contribution is -2.10. The van der Waals surface area contributed by atoms with Crippen molar-refractivity contribution in [3.63, 3.8) is 0 Å². The maximum atomic E-state index is 11.2. The van der Waals surface area contributed by atoms with Crippen molar-refractivity contribution in [3.8, 4) is 17.2 Å². The number of hydrogen-bond acceptors (Lipinski definition) is 5. The Labute approximate surface area is 123 Å². The minimum absolute atomic E-state index is 0.0569. The molecule has 0 aromatic heterocycles. The van der Waals surface area contributed by atoms with E-state index in [0.717, 1.165) is 6.42 Å². The van der Waals surface area contributed by atoms with E-state index in [1.54, 1.807) is 6.07 Å². The van der Waals surface area contributed by atoms with Crippen LogP contribution in [0.5, 0.6) is 17.2 Å². The molecule has 0 saturated carbocycles. The number of carboxylic acids is 1. The second-order valence-electron chi connectivity index (χ2n) is 5.15. The fraction of sp³-hybridized carbons (Fsp3) is 0.533. The minimum atomic E-state index is -1.07. The normalized spacial score (nSPS) is 12.7. The Bertz CT molecular complexity index is 497. The number of carbonyl (C=O) groups is 1. The molecule has 1 aliphatic heterocycles. The molecule has 0 radical (unpaired) electrons. The summed E-state index contributed by atoms with van der Waals surface area (Å²) >= 11 is 0. The first-order valence-corrected chi connectivity index (χ1v) is 6.95. The summed E-state index contributed by atoms with van der Waals surface area (Å²) < 4.78 is 21.3. The van der Waals surface area contributed by atoms with Gasteiger partial charge in [-0.2, -0.15) is 0 Å². The lowest BCUT2D eigenvalue weighted by atomic mass is 10.1. The summed E-state index contributed by atoms with van der Waals surface area (Å²) in [6.45, 7) is 5.74. The van der Waals surface area contributed by atoms with Crippen LogP contribution in [0, 0.1) is 5.92 Å². The van der Waals surface area contributed by atoms with Gasteiger partial charge in [-0.15, -0.1) is 0 Å². The van der Waals surface area contributed by atoms with Crippen molar-refractivity contribution >= 4 is 5.97 Å². The van der Waals surface area contributed by atoms with Crippen LogP contribution in [0.15, 0.2) is 12.1 Å². The smallest absolute Gasteiger partial charge is 0.339 e. The molecule has 21 heavy (non-hydrogen) atoms. The number of ether oxygens (including phenoxy) is 4. The first kappa shape index (κ1) is 15.4. The molecule has 2 rings (SSSR count). The fourth-order valence-electron chi connectivity index (χ4n) is 1.84. The molecule has 0 atom stereocenters. The van der Waals surface area contributed by atoms with Crippen LogP contribution < -0.4 is 14.2 Å². The summed E-state index contributed by atoms with van der Waals surface area (Å²) in [4.78, 5) is 11.2. The van der Waals surface area contributed by atoms with E-state index < -0.39 is 5.97 Å². The van der Waals surface area contributed by atoms with Crippen LogP contribution in [0.2, 0.25) is 0 Å². The van der Waals surface area contributed by atoms with E-state index in [9.17, 15) is 9.90 Å². The molecule has 0 amide bonds. The van der Waals surface area contributed by atoms with Crippen molar-refractivity contribution in [2.75, 3.05) is 26.6 Å². The predicted octanol–water partition coefficient (Wildman–Crippen LogP) is 2.55. The largest absolute Gasteiger partial charge is 0.490 e. The van der Waals surface area contributed by atoms with E-state index in [4.69, 9.17) is 18.9 Å². The minimum Gasteiger partial charge on any atom is -0.490 e. The summed E-state index contributed by atoms with van der Waals surface area (Å²) in [5.74, 6) is 0.713.